The molecule has 4 heteroatoms. The summed E-state index contributed by atoms with van der Waals surface area (Å²) in [5.41, 5.74) is 2.14. The van der Waals surface area contributed by atoms with Crippen LogP contribution in [0.1, 0.15) is 23.3 Å². The van der Waals surface area contributed by atoms with E-state index < -0.39 is 0 Å². The lowest BCUT2D eigenvalue weighted by atomic mass is 9.96. The van der Waals surface area contributed by atoms with E-state index in [0.717, 1.165) is 11.1 Å². The van der Waals surface area contributed by atoms with Gasteiger partial charge < -0.3 is 14.2 Å². The SMILES string of the molecule is COc1ccc([C@H]2OC=N[C@@H]2c2ccccc2)cc1OC. The Labute approximate surface area is 124 Å². The molecular weight excluding hydrogens is 266 g/mol. The van der Waals surface area contributed by atoms with Crippen molar-refractivity contribution in [3.63, 3.8) is 0 Å². The van der Waals surface area contributed by atoms with Gasteiger partial charge in [0, 0.05) is 0 Å². The van der Waals surface area contributed by atoms with Gasteiger partial charge in [0.25, 0.3) is 0 Å². The van der Waals surface area contributed by atoms with Crippen LogP contribution in [0.15, 0.2) is 53.5 Å². The van der Waals surface area contributed by atoms with Crippen molar-refractivity contribution in [2.24, 2.45) is 4.99 Å². The van der Waals surface area contributed by atoms with Crippen LogP contribution in [0.2, 0.25) is 0 Å². The van der Waals surface area contributed by atoms with Gasteiger partial charge in [-0.2, -0.15) is 0 Å². The van der Waals surface area contributed by atoms with Gasteiger partial charge in [-0.3, -0.25) is 0 Å². The van der Waals surface area contributed by atoms with Crippen LogP contribution in [0.25, 0.3) is 0 Å². The minimum Gasteiger partial charge on any atom is -0.493 e. The Bertz CT molecular complexity index is 640. The van der Waals surface area contributed by atoms with Gasteiger partial charge in [0.05, 0.1) is 14.2 Å². The van der Waals surface area contributed by atoms with Gasteiger partial charge in [0.1, 0.15) is 6.04 Å². The first-order valence-electron chi connectivity index (χ1n) is 6.77. The molecule has 2 aromatic carbocycles. The van der Waals surface area contributed by atoms with Crippen LogP contribution in [-0.4, -0.2) is 20.6 Å². The van der Waals surface area contributed by atoms with Gasteiger partial charge >= 0.3 is 0 Å². The lowest BCUT2D eigenvalue weighted by Crippen LogP contribution is -2.07. The van der Waals surface area contributed by atoms with E-state index in [-0.39, 0.29) is 12.1 Å². The molecule has 0 spiro atoms. The smallest absolute Gasteiger partial charge is 0.171 e. The number of rotatable bonds is 4. The fourth-order valence-corrected chi connectivity index (χ4v) is 2.52. The van der Waals surface area contributed by atoms with E-state index in [9.17, 15) is 0 Å². The van der Waals surface area contributed by atoms with Crippen molar-refractivity contribution >= 4 is 6.40 Å². The highest BCUT2D eigenvalue weighted by atomic mass is 16.5. The normalized spacial score (nSPS) is 20.1. The van der Waals surface area contributed by atoms with Crippen LogP contribution in [0.4, 0.5) is 0 Å². The largest absolute Gasteiger partial charge is 0.493 e. The molecule has 1 aliphatic rings. The zero-order chi connectivity index (χ0) is 14.7. The zero-order valence-electron chi connectivity index (χ0n) is 12.0. The molecule has 2 aromatic rings. The maximum Gasteiger partial charge on any atom is 0.171 e. The number of benzene rings is 2. The van der Waals surface area contributed by atoms with Crippen molar-refractivity contribution in [2.45, 2.75) is 12.1 Å². The van der Waals surface area contributed by atoms with Crippen molar-refractivity contribution in [1.29, 1.82) is 0 Å². The van der Waals surface area contributed by atoms with Crippen LogP contribution in [0, 0.1) is 0 Å². The summed E-state index contributed by atoms with van der Waals surface area (Å²) in [6.45, 7) is 0. The van der Waals surface area contributed by atoms with Gasteiger partial charge in [-0.15, -0.1) is 0 Å². The van der Waals surface area contributed by atoms with E-state index >= 15 is 0 Å². The van der Waals surface area contributed by atoms with Crippen LogP contribution in [0.3, 0.4) is 0 Å². The van der Waals surface area contributed by atoms with Crippen LogP contribution < -0.4 is 9.47 Å². The van der Waals surface area contributed by atoms with Crippen molar-refractivity contribution < 1.29 is 14.2 Å². The van der Waals surface area contributed by atoms with Crippen molar-refractivity contribution in [2.75, 3.05) is 14.2 Å². The molecule has 0 saturated heterocycles. The number of ether oxygens (including phenoxy) is 3. The molecule has 0 aromatic heterocycles. The minimum atomic E-state index is -0.146. The lowest BCUT2D eigenvalue weighted by Gasteiger charge is -2.19. The molecular formula is C17H17NO3. The Morgan fingerprint density at radius 2 is 1.67 bits per heavy atom. The average Bonchev–Trinajstić information content (AvgIpc) is 3.04. The fraction of sp³-hybridized carbons (Fsp3) is 0.235. The summed E-state index contributed by atoms with van der Waals surface area (Å²) in [7, 11) is 3.25. The molecule has 0 N–H and O–H groups in total. The summed E-state index contributed by atoms with van der Waals surface area (Å²) in [6, 6.07) is 15.9. The summed E-state index contributed by atoms with van der Waals surface area (Å²) in [6.07, 6.45) is 1.38. The number of hydrogen-bond acceptors (Lipinski definition) is 4. The molecule has 4 nitrogen and oxygen atoms in total. The molecule has 0 radical (unpaired) electrons. The minimum absolute atomic E-state index is 0.0377. The topological polar surface area (TPSA) is 40.0 Å². The second kappa shape index (κ2) is 5.87. The van der Waals surface area contributed by atoms with Crippen LogP contribution >= 0.6 is 0 Å². The Hall–Kier alpha value is -2.49. The molecule has 0 bridgehead atoms. The van der Waals surface area contributed by atoms with Crippen molar-refractivity contribution in [1.82, 2.24) is 0 Å². The Kier molecular flexibility index (Phi) is 3.77. The van der Waals surface area contributed by atoms with E-state index in [2.05, 4.69) is 17.1 Å². The molecule has 1 heterocycles. The first-order valence-corrected chi connectivity index (χ1v) is 6.77. The van der Waals surface area contributed by atoms with Gasteiger partial charge in [0.15, 0.2) is 24.0 Å². The first-order chi connectivity index (χ1) is 10.3. The number of aliphatic imine (C=N–C) groups is 1. The fourth-order valence-electron chi connectivity index (χ4n) is 2.52. The maximum atomic E-state index is 5.69. The molecule has 1 aliphatic heterocycles. The zero-order valence-corrected chi connectivity index (χ0v) is 12.0. The Morgan fingerprint density at radius 3 is 2.38 bits per heavy atom. The summed E-state index contributed by atoms with van der Waals surface area (Å²) in [5.74, 6) is 1.40. The number of nitrogens with zero attached hydrogens (tertiary/aromatic N) is 1. The van der Waals surface area contributed by atoms with E-state index in [4.69, 9.17) is 14.2 Å². The second-order valence-electron chi connectivity index (χ2n) is 4.78. The quantitative estimate of drug-likeness (QED) is 0.861. The predicted octanol–water partition coefficient (Wildman–Crippen LogP) is 3.54. The first kappa shape index (κ1) is 13.5. The monoisotopic (exact) mass is 283 g/mol. The molecule has 21 heavy (non-hydrogen) atoms. The molecule has 2 atom stereocenters. The summed E-state index contributed by atoms with van der Waals surface area (Å²) in [4.78, 5) is 4.44. The molecule has 0 aliphatic carbocycles. The van der Waals surface area contributed by atoms with Crippen LogP contribution in [0.5, 0.6) is 11.5 Å². The molecule has 0 fully saturated rings. The van der Waals surface area contributed by atoms with Gasteiger partial charge in [-0.05, 0) is 23.3 Å². The summed E-state index contributed by atoms with van der Waals surface area (Å²) < 4.78 is 16.3. The highest BCUT2D eigenvalue weighted by molar-refractivity contribution is 5.53. The molecule has 0 amide bonds. The third-order valence-electron chi connectivity index (χ3n) is 3.59. The van der Waals surface area contributed by atoms with Crippen molar-refractivity contribution in [3.8, 4) is 11.5 Å². The third kappa shape index (κ3) is 2.57. The van der Waals surface area contributed by atoms with E-state index in [0.29, 0.717) is 11.5 Å². The molecule has 108 valence electrons. The van der Waals surface area contributed by atoms with Gasteiger partial charge in [0.2, 0.25) is 0 Å². The summed E-state index contributed by atoms with van der Waals surface area (Å²) >= 11 is 0. The Balaban J connectivity index is 1.93. The molecule has 0 unspecified atom stereocenters. The molecule has 3 rings (SSSR count). The van der Waals surface area contributed by atoms with Crippen molar-refractivity contribution in [3.05, 3.63) is 59.7 Å². The van der Waals surface area contributed by atoms with E-state index in [1.54, 1.807) is 14.2 Å². The number of methoxy groups -OCH3 is 2. The van der Waals surface area contributed by atoms with E-state index in [1.165, 1.54) is 6.40 Å². The average molecular weight is 283 g/mol. The Morgan fingerprint density at radius 1 is 0.905 bits per heavy atom. The van der Waals surface area contributed by atoms with Gasteiger partial charge in [-0.1, -0.05) is 36.4 Å². The standard InChI is InChI=1S/C17H17NO3/c1-19-14-9-8-13(10-15(14)20-2)17-16(18-11-21-17)12-6-4-3-5-7-12/h3-11,16-17H,1-2H3/t16-,17-/m1/s1. The second-order valence-corrected chi connectivity index (χ2v) is 4.78. The third-order valence-corrected chi connectivity index (χ3v) is 3.59. The van der Waals surface area contributed by atoms with E-state index in [1.807, 2.05) is 36.4 Å². The lowest BCUT2D eigenvalue weighted by molar-refractivity contribution is 0.204. The summed E-state index contributed by atoms with van der Waals surface area (Å²) in [5, 5.41) is 0. The van der Waals surface area contributed by atoms with Crippen LogP contribution in [-0.2, 0) is 4.74 Å². The van der Waals surface area contributed by atoms with Gasteiger partial charge in [-0.25, -0.2) is 4.99 Å². The molecule has 0 saturated carbocycles. The highest BCUT2D eigenvalue weighted by Gasteiger charge is 2.29. The number of hydrogen-bond donors (Lipinski definition) is 0. The maximum absolute atomic E-state index is 5.69. The predicted molar refractivity (Wildman–Crippen MR) is 81.0 cm³/mol. The highest BCUT2D eigenvalue weighted by Crippen LogP contribution is 2.40.